The Hall–Kier alpha value is -2.00. The van der Waals surface area contributed by atoms with E-state index >= 15 is 0 Å². The molecule has 1 aliphatic rings. The minimum Gasteiger partial charge on any atom is -0.488 e. The zero-order valence-corrected chi connectivity index (χ0v) is 14.6. The molecule has 24 heavy (non-hydrogen) atoms. The first-order valence-corrected chi connectivity index (χ1v) is 8.90. The molecule has 1 fully saturated rings. The molecule has 0 radical (unpaired) electrons. The summed E-state index contributed by atoms with van der Waals surface area (Å²) >= 11 is 0. The van der Waals surface area contributed by atoms with Crippen LogP contribution in [-0.2, 0) is 6.54 Å². The Morgan fingerprint density at radius 3 is 2.58 bits per heavy atom. The molecule has 0 unspecified atom stereocenters. The van der Waals surface area contributed by atoms with Gasteiger partial charge in [-0.05, 0) is 55.9 Å². The van der Waals surface area contributed by atoms with Crippen LogP contribution in [0.1, 0.15) is 43.7 Å². The maximum absolute atomic E-state index is 5.86. The van der Waals surface area contributed by atoms with Crippen LogP contribution in [0, 0.1) is 0 Å². The molecule has 2 aromatic rings. The van der Waals surface area contributed by atoms with Crippen molar-refractivity contribution in [3.8, 4) is 11.5 Å². The van der Waals surface area contributed by atoms with E-state index < -0.39 is 0 Å². The van der Waals surface area contributed by atoms with E-state index in [1.54, 1.807) is 0 Å². The van der Waals surface area contributed by atoms with Gasteiger partial charge in [-0.15, -0.1) is 0 Å². The second-order valence-electron chi connectivity index (χ2n) is 6.66. The number of nitrogens with one attached hydrogen (secondary N) is 1. The summed E-state index contributed by atoms with van der Waals surface area (Å²) in [6.07, 6.45) is 2.84. The molecule has 3 nitrogen and oxygen atoms in total. The number of hydrogen-bond donors (Lipinski definition) is 1. The number of rotatable bonds is 9. The van der Waals surface area contributed by atoms with E-state index in [1.807, 2.05) is 38.1 Å². The molecule has 0 spiro atoms. The quantitative estimate of drug-likeness (QED) is 0.688. The lowest BCUT2D eigenvalue weighted by Crippen LogP contribution is -2.21. The zero-order valence-electron chi connectivity index (χ0n) is 14.6. The van der Waals surface area contributed by atoms with Gasteiger partial charge in [-0.1, -0.05) is 36.4 Å². The van der Waals surface area contributed by atoms with E-state index in [-0.39, 0.29) is 6.10 Å². The third kappa shape index (κ3) is 5.00. The second kappa shape index (κ2) is 8.20. The second-order valence-corrected chi connectivity index (χ2v) is 6.66. The van der Waals surface area contributed by atoms with Crippen molar-refractivity contribution in [2.75, 3.05) is 13.2 Å². The number of para-hydroxylation sites is 2. The average molecular weight is 325 g/mol. The lowest BCUT2D eigenvalue weighted by Gasteiger charge is -2.15. The molecular formula is C21H27NO2. The standard InChI is InChI=1S/C21H27NO2/c1-16(2)24-21-9-4-3-8-20(21)23-13-12-22-15-17-6-5-7-19(14-17)18-10-11-18/h3-9,14,16,18,22H,10-13,15H2,1-2H3. The van der Waals surface area contributed by atoms with Crippen LogP contribution in [0.15, 0.2) is 48.5 Å². The molecule has 1 saturated carbocycles. The van der Waals surface area contributed by atoms with Crippen molar-refractivity contribution in [1.82, 2.24) is 5.32 Å². The topological polar surface area (TPSA) is 30.5 Å². The SMILES string of the molecule is CC(C)Oc1ccccc1OCCNCc1cccc(C2CC2)c1. The van der Waals surface area contributed by atoms with Gasteiger partial charge in [-0.25, -0.2) is 0 Å². The lowest BCUT2D eigenvalue weighted by atomic mass is 10.1. The number of benzene rings is 2. The number of hydrogen-bond acceptors (Lipinski definition) is 3. The fourth-order valence-electron chi connectivity index (χ4n) is 2.76. The summed E-state index contributed by atoms with van der Waals surface area (Å²) in [7, 11) is 0. The molecule has 0 amide bonds. The van der Waals surface area contributed by atoms with Crippen molar-refractivity contribution in [3.63, 3.8) is 0 Å². The molecule has 1 N–H and O–H groups in total. The molecule has 128 valence electrons. The Bertz CT molecular complexity index is 650. The van der Waals surface area contributed by atoms with Gasteiger partial charge < -0.3 is 14.8 Å². The molecule has 0 saturated heterocycles. The van der Waals surface area contributed by atoms with Crippen LogP contribution in [0.25, 0.3) is 0 Å². The molecule has 0 heterocycles. The highest BCUT2D eigenvalue weighted by atomic mass is 16.5. The predicted molar refractivity (Wildman–Crippen MR) is 97.8 cm³/mol. The Kier molecular flexibility index (Phi) is 5.76. The van der Waals surface area contributed by atoms with Crippen molar-refractivity contribution in [2.24, 2.45) is 0 Å². The summed E-state index contributed by atoms with van der Waals surface area (Å²) in [5.74, 6) is 2.43. The zero-order chi connectivity index (χ0) is 16.8. The maximum atomic E-state index is 5.86. The van der Waals surface area contributed by atoms with E-state index in [0.717, 1.165) is 30.5 Å². The van der Waals surface area contributed by atoms with E-state index in [4.69, 9.17) is 9.47 Å². The smallest absolute Gasteiger partial charge is 0.161 e. The summed E-state index contributed by atoms with van der Waals surface area (Å²) in [4.78, 5) is 0. The molecule has 2 aromatic carbocycles. The van der Waals surface area contributed by atoms with Crippen molar-refractivity contribution in [2.45, 2.75) is 45.3 Å². The lowest BCUT2D eigenvalue weighted by molar-refractivity contribution is 0.221. The highest BCUT2D eigenvalue weighted by Crippen LogP contribution is 2.40. The van der Waals surface area contributed by atoms with Crippen molar-refractivity contribution < 1.29 is 9.47 Å². The Balaban J connectivity index is 1.42. The normalized spacial score (nSPS) is 14.0. The Labute approximate surface area is 145 Å². The summed E-state index contributed by atoms with van der Waals surface area (Å²) in [6, 6.07) is 16.8. The molecule has 3 rings (SSSR count). The molecule has 0 aliphatic heterocycles. The molecule has 0 bridgehead atoms. The third-order valence-corrected chi connectivity index (χ3v) is 4.08. The summed E-state index contributed by atoms with van der Waals surface area (Å²) in [5, 5.41) is 3.45. The van der Waals surface area contributed by atoms with E-state index in [1.165, 1.54) is 24.0 Å². The van der Waals surface area contributed by atoms with E-state index in [9.17, 15) is 0 Å². The van der Waals surface area contributed by atoms with Gasteiger partial charge in [0.2, 0.25) is 0 Å². The van der Waals surface area contributed by atoms with Crippen LogP contribution < -0.4 is 14.8 Å². The molecule has 3 heteroatoms. The Morgan fingerprint density at radius 1 is 1.04 bits per heavy atom. The predicted octanol–water partition coefficient (Wildman–Crippen LogP) is 4.52. The monoisotopic (exact) mass is 325 g/mol. The van der Waals surface area contributed by atoms with Gasteiger partial charge in [-0.3, -0.25) is 0 Å². The van der Waals surface area contributed by atoms with Crippen molar-refractivity contribution in [3.05, 3.63) is 59.7 Å². The first kappa shape index (κ1) is 16.8. The highest BCUT2D eigenvalue weighted by molar-refractivity contribution is 5.39. The van der Waals surface area contributed by atoms with Crippen LogP contribution in [0.5, 0.6) is 11.5 Å². The van der Waals surface area contributed by atoms with Crippen LogP contribution in [0.4, 0.5) is 0 Å². The third-order valence-electron chi connectivity index (χ3n) is 4.08. The van der Waals surface area contributed by atoms with Crippen LogP contribution >= 0.6 is 0 Å². The van der Waals surface area contributed by atoms with Gasteiger partial charge >= 0.3 is 0 Å². The van der Waals surface area contributed by atoms with Gasteiger partial charge in [0.25, 0.3) is 0 Å². The first-order valence-electron chi connectivity index (χ1n) is 8.90. The van der Waals surface area contributed by atoms with Crippen molar-refractivity contribution >= 4 is 0 Å². The van der Waals surface area contributed by atoms with Crippen LogP contribution in [0.3, 0.4) is 0 Å². The fraction of sp³-hybridized carbons (Fsp3) is 0.429. The molecule has 0 atom stereocenters. The van der Waals surface area contributed by atoms with E-state index in [2.05, 4.69) is 29.6 Å². The summed E-state index contributed by atoms with van der Waals surface area (Å²) < 4.78 is 11.6. The first-order chi connectivity index (χ1) is 11.7. The van der Waals surface area contributed by atoms with Gasteiger partial charge in [0.05, 0.1) is 6.10 Å². The molecule has 1 aliphatic carbocycles. The minimum absolute atomic E-state index is 0.145. The van der Waals surface area contributed by atoms with Gasteiger partial charge in [0, 0.05) is 13.1 Å². The summed E-state index contributed by atoms with van der Waals surface area (Å²) in [6.45, 7) is 6.36. The van der Waals surface area contributed by atoms with Gasteiger partial charge in [-0.2, -0.15) is 0 Å². The minimum atomic E-state index is 0.145. The van der Waals surface area contributed by atoms with Crippen LogP contribution in [-0.4, -0.2) is 19.3 Å². The Morgan fingerprint density at radius 2 is 1.83 bits per heavy atom. The average Bonchev–Trinajstić information content (AvgIpc) is 3.41. The molecule has 0 aromatic heterocycles. The number of ether oxygens (including phenoxy) is 2. The fourth-order valence-corrected chi connectivity index (χ4v) is 2.76. The van der Waals surface area contributed by atoms with Crippen molar-refractivity contribution in [1.29, 1.82) is 0 Å². The van der Waals surface area contributed by atoms with Gasteiger partial charge in [0.15, 0.2) is 11.5 Å². The maximum Gasteiger partial charge on any atom is 0.161 e. The van der Waals surface area contributed by atoms with Crippen LogP contribution in [0.2, 0.25) is 0 Å². The molecular weight excluding hydrogens is 298 g/mol. The largest absolute Gasteiger partial charge is 0.488 e. The van der Waals surface area contributed by atoms with Gasteiger partial charge in [0.1, 0.15) is 6.61 Å². The highest BCUT2D eigenvalue weighted by Gasteiger charge is 2.23. The van der Waals surface area contributed by atoms with E-state index in [0.29, 0.717) is 6.61 Å². The summed E-state index contributed by atoms with van der Waals surface area (Å²) in [5.41, 5.74) is 2.84.